The number of aryl methyl sites for hydroxylation is 1. The molecule has 0 fully saturated rings. The van der Waals surface area contributed by atoms with E-state index in [-0.39, 0.29) is 17.1 Å². The van der Waals surface area contributed by atoms with Gasteiger partial charge in [0.2, 0.25) is 0 Å². The number of thiazole rings is 1. The summed E-state index contributed by atoms with van der Waals surface area (Å²) in [7, 11) is 0. The maximum atomic E-state index is 10.7. The fourth-order valence-corrected chi connectivity index (χ4v) is 5.20. The van der Waals surface area contributed by atoms with Gasteiger partial charge in [0, 0.05) is 5.39 Å². The zero-order valence-electron chi connectivity index (χ0n) is 15.9. The summed E-state index contributed by atoms with van der Waals surface area (Å²) in [6.07, 6.45) is 0. The number of para-hydroxylation sites is 2. The standard InChI is InChI=1S/C22H15N5OS2/c1-13-10-20-25-26-22(27(20)17-8-4-2-6-14(13)17)29-12-18(28)15(11-23)21-24-16-7-3-5-9-19(16)30-21/h2-10,28H,12H2,1H3/b18-15-. The quantitative estimate of drug-likeness (QED) is 0.234. The smallest absolute Gasteiger partial charge is 0.196 e. The number of nitriles is 1. The Labute approximate surface area is 180 Å². The second kappa shape index (κ2) is 7.44. The molecule has 3 aromatic heterocycles. The fourth-order valence-electron chi connectivity index (χ4n) is 3.39. The van der Waals surface area contributed by atoms with Crippen LogP contribution in [0.5, 0.6) is 0 Å². The topological polar surface area (TPSA) is 87.1 Å². The number of allylic oxidation sites excluding steroid dienone is 1. The molecule has 1 N–H and O–H groups in total. The predicted molar refractivity (Wildman–Crippen MR) is 121 cm³/mol. The summed E-state index contributed by atoms with van der Waals surface area (Å²) in [6.45, 7) is 2.05. The Morgan fingerprint density at radius 2 is 1.97 bits per heavy atom. The molecule has 0 aliphatic carbocycles. The van der Waals surface area contributed by atoms with Gasteiger partial charge in [0.1, 0.15) is 22.4 Å². The van der Waals surface area contributed by atoms with Crippen LogP contribution in [0.3, 0.4) is 0 Å². The van der Waals surface area contributed by atoms with E-state index >= 15 is 0 Å². The van der Waals surface area contributed by atoms with Gasteiger partial charge in [-0.2, -0.15) is 5.26 Å². The van der Waals surface area contributed by atoms with E-state index in [2.05, 4.69) is 34.2 Å². The molecule has 146 valence electrons. The molecule has 0 aliphatic rings. The molecule has 0 aliphatic heterocycles. The number of fused-ring (bicyclic) bond motifs is 4. The van der Waals surface area contributed by atoms with Gasteiger partial charge in [0.25, 0.3) is 0 Å². The maximum absolute atomic E-state index is 10.7. The van der Waals surface area contributed by atoms with Crippen molar-refractivity contribution in [3.63, 3.8) is 0 Å². The highest BCUT2D eigenvalue weighted by Crippen LogP contribution is 2.31. The highest BCUT2D eigenvalue weighted by Gasteiger charge is 2.16. The van der Waals surface area contributed by atoms with E-state index in [4.69, 9.17) is 0 Å². The van der Waals surface area contributed by atoms with Crippen LogP contribution in [-0.4, -0.2) is 30.4 Å². The predicted octanol–water partition coefficient (Wildman–Crippen LogP) is 5.39. The second-order valence-corrected chi connectivity index (χ2v) is 8.70. The van der Waals surface area contributed by atoms with Gasteiger partial charge >= 0.3 is 0 Å². The Balaban J connectivity index is 1.51. The van der Waals surface area contributed by atoms with Crippen LogP contribution in [0.4, 0.5) is 0 Å². The Bertz CT molecular complexity index is 1460. The van der Waals surface area contributed by atoms with Crippen LogP contribution in [0.1, 0.15) is 10.6 Å². The van der Waals surface area contributed by atoms with Gasteiger partial charge in [0.05, 0.1) is 21.5 Å². The maximum Gasteiger partial charge on any atom is 0.196 e. The number of aliphatic hydroxyl groups is 1. The first-order valence-electron chi connectivity index (χ1n) is 9.20. The lowest BCUT2D eigenvalue weighted by molar-refractivity contribution is 0.420. The summed E-state index contributed by atoms with van der Waals surface area (Å²) in [5.74, 6) is 0.177. The van der Waals surface area contributed by atoms with E-state index < -0.39 is 0 Å². The van der Waals surface area contributed by atoms with Crippen molar-refractivity contribution in [1.29, 1.82) is 5.26 Å². The molecule has 5 aromatic rings. The average molecular weight is 430 g/mol. The van der Waals surface area contributed by atoms with Gasteiger partial charge in [-0.05, 0) is 36.8 Å². The summed E-state index contributed by atoms with van der Waals surface area (Å²) in [6, 6.07) is 19.9. The van der Waals surface area contributed by atoms with Crippen molar-refractivity contribution >= 4 is 55.4 Å². The van der Waals surface area contributed by atoms with Crippen LogP contribution in [-0.2, 0) is 0 Å². The SMILES string of the molecule is Cc1cc2nnc(SC/C(O)=C(\C#N)c3nc4ccccc4s3)n2c2ccccc12. The summed E-state index contributed by atoms with van der Waals surface area (Å²) in [5, 5.41) is 31.2. The summed E-state index contributed by atoms with van der Waals surface area (Å²) < 4.78 is 2.95. The Kier molecular flexibility index (Phi) is 4.62. The Morgan fingerprint density at radius 3 is 2.80 bits per heavy atom. The largest absolute Gasteiger partial charge is 0.510 e. The van der Waals surface area contributed by atoms with Crippen molar-refractivity contribution in [3.8, 4) is 6.07 Å². The third kappa shape index (κ3) is 3.09. The summed E-state index contributed by atoms with van der Waals surface area (Å²) >= 11 is 2.73. The molecule has 2 aromatic carbocycles. The van der Waals surface area contributed by atoms with Crippen LogP contribution in [0.25, 0.3) is 32.3 Å². The first-order chi connectivity index (χ1) is 14.7. The first-order valence-corrected chi connectivity index (χ1v) is 11.0. The number of hydrogen-bond donors (Lipinski definition) is 1. The highest BCUT2D eigenvalue weighted by atomic mass is 32.2. The van der Waals surface area contributed by atoms with Gasteiger partial charge in [-0.25, -0.2) is 4.98 Å². The number of aromatic nitrogens is 4. The number of aliphatic hydroxyl groups excluding tert-OH is 1. The number of pyridine rings is 1. The van der Waals surface area contributed by atoms with E-state index in [9.17, 15) is 10.4 Å². The van der Waals surface area contributed by atoms with E-state index in [1.807, 2.05) is 52.9 Å². The van der Waals surface area contributed by atoms with Gasteiger partial charge in [-0.15, -0.1) is 21.5 Å². The minimum Gasteiger partial charge on any atom is -0.510 e. The molecule has 0 amide bonds. The Morgan fingerprint density at radius 1 is 1.17 bits per heavy atom. The molecular formula is C22H15N5OS2. The third-order valence-electron chi connectivity index (χ3n) is 4.82. The Hall–Kier alpha value is -3.41. The number of hydrogen-bond acceptors (Lipinski definition) is 7. The monoisotopic (exact) mass is 429 g/mol. The van der Waals surface area contributed by atoms with Crippen LogP contribution >= 0.6 is 23.1 Å². The van der Waals surface area contributed by atoms with Crippen molar-refractivity contribution in [2.75, 3.05) is 5.75 Å². The molecule has 0 spiro atoms. The molecule has 30 heavy (non-hydrogen) atoms. The molecular weight excluding hydrogens is 414 g/mol. The molecule has 0 saturated heterocycles. The lowest BCUT2D eigenvalue weighted by Crippen LogP contribution is -1.96. The van der Waals surface area contributed by atoms with E-state index in [0.717, 1.165) is 32.3 Å². The van der Waals surface area contributed by atoms with Crippen molar-refractivity contribution < 1.29 is 5.11 Å². The van der Waals surface area contributed by atoms with E-state index in [1.54, 1.807) is 0 Å². The number of nitrogens with zero attached hydrogens (tertiary/aromatic N) is 5. The van der Waals surface area contributed by atoms with E-state index in [1.165, 1.54) is 23.1 Å². The van der Waals surface area contributed by atoms with Crippen molar-refractivity contribution in [1.82, 2.24) is 19.6 Å². The molecule has 0 radical (unpaired) electrons. The van der Waals surface area contributed by atoms with Gasteiger partial charge in [-0.3, -0.25) is 4.40 Å². The third-order valence-corrected chi connectivity index (χ3v) is 6.81. The average Bonchev–Trinajstić information content (AvgIpc) is 3.37. The highest BCUT2D eigenvalue weighted by molar-refractivity contribution is 7.99. The van der Waals surface area contributed by atoms with Gasteiger partial charge < -0.3 is 5.11 Å². The van der Waals surface area contributed by atoms with E-state index in [0.29, 0.717) is 10.2 Å². The van der Waals surface area contributed by atoms with Crippen molar-refractivity contribution in [2.24, 2.45) is 0 Å². The summed E-state index contributed by atoms with van der Waals surface area (Å²) in [4.78, 5) is 4.49. The minimum atomic E-state index is -0.0188. The van der Waals surface area contributed by atoms with Crippen molar-refractivity contribution in [3.05, 3.63) is 70.9 Å². The van der Waals surface area contributed by atoms with Crippen LogP contribution in [0, 0.1) is 18.3 Å². The molecule has 6 nitrogen and oxygen atoms in total. The second-order valence-electron chi connectivity index (χ2n) is 6.73. The number of thioether (sulfide) groups is 1. The molecule has 0 unspecified atom stereocenters. The first kappa shape index (κ1) is 18.6. The zero-order chi connectivity index (χ0) is 20.7. The lowest BCUT2D eigenvalue weighted by atomic mass is 10.1. The van der Waals surface area contributed by atoms with Crippen LogP contribution in [0.2, 0.25) is 0 Å². The lowest BCUT2D eigenvalue weighted by Gasteiger charge is -2.07. The molecule has 5 rings (SSSR count). The van der Waals surface area contributed by atoms with Crippen molar-refractivity contribution in [2.45, 2.75) is 12.1 Å². The molecule has 8 heteroatoms. The number of benzene rings is 2. The minimum absolute atomic E-state index is 0.0188. The van der Waals surface area contributed by atoms with Crippen LogP contribution in [0.15, 0.2) is 65.5 Å². The number of rotatable bonds is 4. The van der Waals surface area contributed by atoms with Gasteiger partial charge in [0.15, 0.2) is 10.8 Å². The zero-order valence-corrected chi connectivity index (χ0v) is 17.5. The van der Waals surface area contributed by atoms with Gasteiger partial charge in [-0.1, -0.05) is 42.1 Å². The normalized spacial score (nSPS) is 12.4. The molecule has 3 heterocycles. The molecule has 0 atom stereocenters. The summed E-state index contributed by atoms with van der Waals surface area (Å²) in [5.41, 5.74) is 3.90. The molecule has 0 saturated carbocycles. The molecule has 0 bridgehead atoms. The fraction of sp³-hybridized carbons (Fsp3) is 0.0909. The van der Waals surface area contributed by atoms with Crippen LogP contribution < -0.4 is 0 Å².